The maximum absolute atomic E-state index is 8.09. The zero-order valence-electron chi connectivity index (χ0n) is 4.39. The Morgan fingerprint density at radius 1 is 1.86 bits per heavy atom. The standard InChI is InChI=1S/C5H9NO.H2/c1-4-2-5(3-4)6-7;/h4,7H,2-3H2,1H3;1H. The van der Waals surface area contributed by atoms with E-state index in [9.17, 15) is 0 Å². The molecule has 0 amide bonds. The molecule has 2 nitrogen and oxygen atoms in total. The monoisotopic (exact) mass is 101 g/mol. The van der Waals surface area contributed by atoms with E-state index >= 15 is 0 Å². The molecule has 1 rings (SSSR count). The Labute approximate surface area is 44.3 Å². The molecule has 0 radical (unpaired) electrons. The van der Waals surface area contributed by atoms with Gasteiger partial charge >= 0.3 is 0 Å². The fraction of sp³-hybridized carbons (Fsp3) is 0.800. The Kier molecular flexibility index (Phi) is 1.01. The molecule has 0 saturated heterocycles. The zero-order chi connectivity index (χ0) is 5.28. The Balaban J connectivity index is 0.000000490. The lowest BCUT2D eigenvalue weighted by atomic mass is 9.85. The molecule has 0 spiro atoms. The third-order valence-corrected chi connectivity index (χ3v) is 1.31. The summed E-state index contributed by atoms with van der Waals surface area (Å²) in [5.74, 6) is 0.755. The third-order valence-electron chi connectivity index (χ3n) is 1.31. The molecular formula is C5H11NO. The summed E-state index contributed by atoms with van der Waals surface area (Å²) in [5.41, 5.74) is 0.951. The van der Waals surface area contributed by atoms with Crippen LogP contribution >= 0.6 is 0 Å². The summed E-state index contributed by atoms with van der Waals surface area (Å²) in [6.45, 7) is 2.15. The highest BCUT2D eigenvalue weighted by Crippen LogP contribution is 2.22. The van der Waals surface area contributed by atoms with Gasteiger partial charge in [0.25, 0.3) is 0 Å². The van der Waals surface area contributed by atoms with Crippen LogP contribution in [0.4, 0.5) is 0 Å². The average Bonchev–Trinajstić information content (AvgIpc) is 1.58. The minimum absolute atomic E-state index is 0. The van der Waals surface area contributed by atoms with Crippen molar-refractivity contribution < 1.29 is 6.63 Å². The highest BCUT2D eigenvalue weighted by molar-refractivity contribution is 5.89. The normalized spacial score (nSPS) is 29.3. The maximum atomic E-state index is 8.09. The quantitative estimate of drug-likeness (QED) is 0.364. The van der Waals surface area contributed by atoms with Crippen molar-refractivity contribution in [1.29, 1.82) is 0 Å². The summed E-state index contributed by atoms with van der Waals surface area (Å²) in [6, 6.07) is 0. The van der Waals surface area contributed by atoms with Crippen molar-refractivity contribution in [1.82, 2.24) is 0 Å². The predicted molar refractivity (Wildman–Crippen MR) is 29.7 cm³/mol. The van der Waals surface area contributed by atoms with Crippen LogP contribution < -0.4 is 0 Å². The molecule has 0 unspecified atom stereocenters. The van der Waals surface area contributed by atoms with Crippen LogP contribution in [0.3, 0.4) is 0 Å². The van der Waals surface area contributed by atoms with E-state index in [0.29, 0.717) is 0 Å². The van der Waals surface area contributed by atoms with Gasteiger partial charge in [-0.2, -0.15) is 0 Å². The molecule has 1 aliphatic rings. The largest absolute Gasteiger partial charge is 0.411 e. The van der Waals surface area contributed by atoms with E-state index in [-0.39, 0.29) is 1.43 Å². The minimum atomic E-state index is 0. The van der Waals surface area contributed by atoms with Crippen LogP contribution in [0.5, 0.6) is 0 Å². The summed E-state index contributed by atoms with van der Waals surface area (Å²) in [5, 5.41) is 11.2. The summed E-state index contributed by atoms with van der Waals surface area (Å²) in [6.07, 6.45) is 1.99. The smallest absolute Gasteiger partial charge is 0.0576 e. The number of nitrogens with zero attached hydrogens (tertiary/aromatic N) is 1. The van der Waals surface area contributed by atoms with E-state index in [0.717, 1.165) is 24.5 Å². The van der Waals surface area contributed by atoms with E-state index < -0.39 is 0 Å². The van der Waals surface area contributed by atoms with Crippen LogP contribution in [0.1, 0.15) is 21.2 Å². The fourth-order valence-corrected chi connectivity index (χ4v) is 0.826. The SMILES string of the molecule is CC1CC(=NO)C1.[HH]. The van der Waals surface area contributed by atoms with E-state index in [4.69, 9.17) is 5.21 Å². The molecule has 1 fully saturated rings. The molecular weight excluding hydrogens is 90.1 g/mol. The second-order valence-corrected chi connectivity index (χ2v) is 2.18. The van der Waals surface area contributed by atoms with E-state index in [1.54, 1.807) is 0 Å². The van der Waals surface area contributed by atoms with E-state index in [1.807, 2.05) is 0 Å². The average molecular weight is 101 g/mol. The van der Waals surface area contributed by atoms with Gasteiger partial charge in [-0.05, 0) is 18.8 Å². The van der Waals surface area contributed by atoms with Gasteiger partial charge in [0.15, 0.2) is 0 Å². The second-order valence-electron chi connectivity index (χ2n) is 2.18. The van der Waals surface area contributed by atoms with Crippen LogP contribution in [0.15, 0.2) is 5.16 Å². The second kappa shape index (κ2) is 1.52. The molecule has 0 aliphatic heterocycles. The summed E-state index contributed by atoms with van der Waals surface area (Å²) < 4.78 is 0. The highest BCUT2D eigenvalue weighted by Gasteiger charge is 2.19. The van der Waals surface area contributed by atoms with Gasteiger partial charge in [-0.25, -0.2) is 0 Å². The van der Waals surface area contributed by atoms with Gasteiger partial charge in [0, 0.05) is 1.43 Å². The molecule has 1 N–H and O–H groups in total. The van der Waals surface area contributed by atoms with Gasteiger partial charge < -0.3 is 5.21 Å². The Morgan fingerprint density at radius 2 is 2.43 bits per heavy atom. The highest BCUT2D eigenvalue weighted by atomic mass is 16.4. The Bertz CT molecular complexity index is 94.6. The Hall–Kier alpha value is -0.530. The molecule has 0 aromatic carbocycles. The van der Waals surface area contributed by atoms with Gasteiger partial charge in [-0.1, -0.05) is 12.1 Å². The van der Waals surface area contributed by atoms with Gasteiger partial charge in [-0.15, -0.1) is 0 Å². The third kappa shape index (κ3) is 0.734. The summed E-state index contributed by atoms with van der Waals surface area (Å²) in [7, 11) is 0. The molecule has 1 aliphatic carbocycles. The first-order valence-corrected chi connectivity index (χ1v) is 2.52. The van der Waals surface area contributed by atoms with E-state index in [2.05, 4.69) is 12.1 Å². The molecule has 42 valence electrons. The van der Waals surface area contributed by atoms with Crippen molar-refractivity contribution >= 4 is 5.71 Å². The van der Waals surface area contributed by atoms with Crippen LogP contribution in [0.25, 0.3) is 0 Å². The van der Waals surface area contributed by atoms with Crippen LogP contribution in [-0.4, -0.2) is 10.9 Å². The number of hydrogen-bond donors (Lipinski definition) is 1. The molecule has 0 atom stereocenters. The first-order valence-electron chi connectivity index (χ1n) is 2.52. The maximum Gasteiger partial charge on any atom is 0.0576 e. The van der Waals surface area contributed by atoms with Gasteiger partial charge in [-0.3, -0.25) is 0 Å². The van der Waals surface area contributed by atoms with Gasteiger partial charge in [0.1, 0.15) is 0 Å². The van der Waals surface area contributed by atoms with Crippen molar-refractivity contribution in [2.45, 2.75) is 19.8 Å². The van der Waals surface area contributed by atoms with Crippen LogP contribution in [-0.2, 0) is 0 Å². The summed E-state index contributed by atoms with van der Waals surface area (Å²) in [4.78, 5) is 0. The molecule has 0 aromatic rings. The first-order chi connectivity index (χ1) is 3.33. The fourth-order valence-electron chi connectivity index (χ4n) is 0.826. The molecule has 1 saturated carbocycles. The molecule has 0 bridgehead atoms. The number of hydrogen-bond acceptors (Lipinski definition) is 2. The molecule has 0 aromatic heterocycles. The van der Waals surface area contributed by atoms with Gasteiger partial charge in [0.2, 0.25) is 0 Å². The molecule has 2 heteroatoms. The van der Waals surface area contributed by atoms with Crippen LogP contribution in [0.2, 0.25) is 0 Å². The van der Waals surface area contributed by atoms with Crippen molar-refractivity contribution in [3.05, 3.63) is 0 Å². The zero-order valence-corrected chi connectivity index (χ0v) is 4.39. The van der Waals surface area contributed by atoms with Crippen molar-refractivity contribution in [2.75, 3.05) is 0 Å². The van der Waals surface area contributed by atoms with Crippen molar-refractivity contribution in [3.63, 3.8) is 0 Å². The van der Waals surface area contributed by atoms with E-state index in [1.165, 1.54) is 0 Å². The molecule has 0 heterocycles. The topological polar surface area (TPSA) is 32.6 Å². The van der Waals surface area contributed by atoms with Crippen molar-refractivity contribution in [3.8, 4) is 0 Å². The first kappa shape index (κ1) is 4.62. The number of rotatable bonds is 0. The molecule has 7 heavy (non-hydrogen) atoms. The lowest BCUT2D eigenvalue weighted by Crippen LogP contribution is -2.20. The van der Waals surface area contributed by atoms with Crippen LogP contribution in [0, 0.1) is 5.92 Å². The lowest BCUT2D eigenvalue weighted by Gasteiger charge is -2.21. The van der Waals surface area contributed by atoms with Gasteiger partial charge in [0.05, 0.1) is 5.71 Å². The lowest BCUT2D eigenvalue weighted by molar-refractivity contribution is 0.307. The minimum Gasteiger partial charge on any atom is -0.411 e. The summed E-state index contributed by atoms with van der Waals surface area (Å²) >= 11 is 0. The Morgan fingerprint density at radius 3 is 2.57 bits per heavy atom. The predicted octanol–water partition coefficient (Wildman–Crippen LogP) is 1.49. The number of oxime groups is 1. The van der Waals surface area contributed by atoms with Crippen molar-refractivity contribution in [2.24, 2.45) is 11.1 Å².